The number of aromatic nitrogens is 3. The number of amides is 1. The molecule has 3 heterocycles. The van der Waals surface area contributed by atoms with Crippen LogP contribution in [0.3, 0.4) is 0 Å². The first kappa shape index (κ1) is 15.3. The van der Waals surface area contributed by atoms with Gasteiger partial charge in [0.15, 0.2) is 6.39 Å². The molecular weight excluding hydrogens is 340 g/mol. The molecular formula is C17H12N4O3S. The number of nitrogens with zero attached hydrogens (tertiary/aromatic N) is 3. The molecule has 0 aliphatic carbocycles. The van der Waals surface area contributed by atoms with Crippen LogP contribution in [-0.2, 0) is 0 Å². The van der Waals surface area contributed by atoms with Crippen molar-refractivity contribution in [3.8, 4) is 22.2 Å². The van der Waals surface area contributed by atoms with Crippen molar-refractivity contribution < 1.29 is 13.7 Å². The molecule has 124 valence electrons. The van der Waals surface area contributed by atoms with E-state index >= 15 is 0 Å². The summed E-state index contributed by atoms with van der Waals surface area (Å²) in [5, 5.41) is 6.76. The highest BCUT2D eigenvalue weighted by atomic mass is 32.1. The summed E-state index contributed by atoms with van der Waals surface area (Å²) in [7, 11) is 0. The fourth-order valence-electron chi connectivity index (χ4n) is 2.25. The number of nitrogens with one attached hydrogen (secondary N) is 1. The molecule has 4 rings (SSSR count). The van der Waals surface area contributed by atoms with Crippen molar-refractivity contribution in [1.29, 1.82) is 0 Å². The van der Waals surface area contributed by atoms with E-state index < -0.39 is 0 Å². The van der Waals surface area contributed by atoms with E-state index in [9.17, 15) is 4.79 Å². The summed E-state index contributed by atoms with van der Waals surface area (Å²) >= 11 is 1.60. The van der Waals surface area contributed by atoms with Gasteiger partial charge in [-0.2, -0.15) is 4.98 Å². The van der Waals surface area contributed by atoms with E-state index in [4.69, 9.17) is 8.94 Å². The van der Waals surface area contributed by atoms with Crippen LogP contribution in [0.2, 0.25) is 0 Å². The number of thiophene rings is 1. The second-order valence-corrected chi connectivity index (χ2v) is 6.52. The van der Waals surface area contributed by atoms with Gasteiger partial charge in [0.2, 0.25) is 11.6 Å². The lowest BCUT2D eigenvalue weighted by molar-refractivity contribution is 0.0996. The van der Waals surface area contributed by atoms with Gasteiger partial charge in [0.05, 0.1) is 11.1 Å². The van der Waals surface area contributed by atoms with E-state index in [1.54, 1.807) is 29.5 Å². The lowest BCUT2D eigenvalue weighted by atomic mass is 10.2. The minimum absolute atomic E-state index is 0.138. The highest BCUT2D eigenvalue weighted by Crippen LogP contribution is 2.28. The summed E-state index contributed by atoms with van der Waals surface area (Å²) in [6.45, 7) is 2.02. The molecule has 1 aromatic carbocycles. The van der Waals surface area contributed by atoms with E-state index in [0.717, 1.165) is 4.88 Å². The Labute approximate surface area is 146 Å². The van der Waals surface area contributed by atoms with E-state index in [1.807, 2.05) is 25.1 Å². The van der Waals surface area contributed by atoms with Crippen LogP contribution in [-0.4, -0.2) is 21.0 Å². The van der Waals surface area contributed by atoms with Gasteiger partial charge in [0, 0.05) is 16.1 Å². The lowest BCUT2D eigenvalue weighted by Crippen LogP contribution is -2.10. The minimum atomic E-state index is -0.380. The Morgan fingerprint density at radius 3 is 2.92 bits per heavy atom. The highest BCUT2D eigenvalue weighted by Gasteiger charge is 2.14. The number of anilines is 1. The van der Waals surface area contributed by atoms with Crippen molar-refractivity contribution in [3.63, 3.8) is 0 Å². The predicted molar refractivity (Wildman–Crippen MR) is 92.2 cm³/mol. The molecule has 0 saturated carbocycles. The molecule has 3 aromatic heterocycles. The van der Waals surface area contributed by atoms with Gasteiger partial charge >= 0.3 is 0 Å². The normalized spacial score (nSPS) is 10.8. The summed E-state index contributed by atoms with van der Waals surface area (Å²) in [5.74, 6) is 0.689. The first-order valence-electron chi connectivity index (χ1n) is 7.40. The van der Waals surface area contributed by atoms with E-state index in [0.29, 0.717) is 23.0 Å². The third kappa shape index (κ3) is 3.20. The Morgan fingerprint density at radius 2 is 2.16 bits per heavy atom. The number of hydrogen-bond donors (Lipinski definition) is 1. The minimum Gasteiger partial charge on any atom is -0.438 e. The van der Waals surface area contributed by atoms with Crippen molar-refractivity contribution in [2.45, 2.75) is 6.92 Å². The number of benzene rings is 1. The molecule has 0 aliphatic heterocycles. The molecule has 1 amide bonds. The highest BCUT2D eigenvalue weighted by molar-refractivity contribution is 7.15. The van der Waals surface area contributed by atoms with Gasteiger partial charge in [0.1, 0.15) is 0 Å². The van der Waals surface area contributed by atoms with E-state index in [2.05, 4.69) is 20.4 Å². The Kier molecular flexibility index (Phi) is 3.87. The van der Waals surface area contributed by atoms with Gasteiger partial charge in [-0.25, -0.2) is 4.98 Å². The molecule has 25 heavy (non-hydrogen) atoms. The SMILES string of the molecule is Cc1ccc(-c2noc(-c3cccc(NC(=O)c4cnco4)c3)n2)s1. The van der Waals surface area contributed by atoms with Crippen LogP contribution in [0, 0.1) is 6.92 Å². The zero-order valence-electron chi connectivity index (χ0n) is 13.1. The summed E-state index contributed by atoms with van der Waals surface area (Å²) in [5.41, 5.74) is 1.30. The first-order valence-corrected chi connectivity index (χ1v) is 8.21. The summed E-state index contributed by atoms with van der Waals surface area (Å²) in [4.78, 5) is 22.3. The van der Waals surface area contributed by atoms with Crippen LogP contribution < -0.4 is 5.32 Å². The first-order chi connectivity index (χ1) is 12.2. The third-order valence-electron chi connectivity index (χ3n) is 3.41. The maximum absolute atomic E-state index is 12.0. The second-order valence-electron chi connectivity index (χ2n) is 5.23. The van der Waals surface area contributed by atoms with Gasteiger partial charge in [-0.3, -0.25) is 4.79 Å². The Bertz CT molecular complexity index is 1020. The molecule has 0 unspecified atom stereocenters. The molecule has 0 atom stereocenters. The van der Waals surface area contributed by atoms with Crippen LogP contribution >= 0.6 is 11.3 Å². The Balaban J connectivity index is 1.57. The van der Waals surface area contributed by atoms with Crippen molar-refractivity contribution in [2.24, 2.45) is 0 Å². The fourth-order valence-corrected chi connectivity index (χ4v) is 3.04. The zero-order chi connectivity index (χ0) is 17.2. The molecule has 8 heteroatoms. The molecule has 0 spiro atoms. The van der Waals surface area contributed by atoms with Crippen LogP contribution in [0.15, 0.2) is 57.9 Å². The number of rotatable bonds is 4. The van der Waals surface area contributed by atoms with Crippen molar-refractivity contribution in [1.82, 2.24) is 15.1 Å². The van der Waals surface area contributed by atoms with Crippen LogP contribution in [0.25, 0.3) is 22.2 Å². The van der Waals surface area contributed by atoms with Gasteiger partial charge in [-0.05, 0) is 37.3 Å². The van der Waals surface area contributed by atoms with Crippen LogP contribution in [0.5, 0.6) is 0 Å². The number of carbonyl (C=O) groups excluding carboxylic acids is 1. The Hall–Kier alpha value is -3.26. The largest absolute Gasteiger partial charge is 0.438 e. The maximum atomic E-state index is 12.0. The van der Waals surface area contributed by atoms with Crippen LogP contribution in [0.1, 0.15) is 15.4 Å². The fraction of sp³-hybridized carbons (Fsp3) is 0.0588. The maximum Gasteiger partial charge on any atom is 0.293 e. The molecule has 0 aliphatic rings. The average molecular weight is 352 g/mol. The molecule has 0 radical (unpaired) electrons. The molecule has 4 aromatic rings. The van der Waals surface area contributed by atoms with E-state index in [1.165, 1.54) is 17.5 Å². The van der Waals surface area contributed by atoms with Crippen molar-refractivity contribution in [2.75, 3.05) is 5.32 Å². The number of hydrogen-bond acceptors (Lipinski definition) is 7. The van der Waals surface area contributed by atoms with E-state index in [-0.39, 0.29) is 11.7 Å². The smallest absolute Gasteiger partial charge is 0.293 e. The summed E-state index contributed by atoms with van der Waals surface area (Å²) in [6.07, 6.45) is 2.56. The van der Waals surface area contributed by atoms with Gasteiger partial charge in [-0.1, -0.05) is 11.2 Å². The predicted octanol–water partition coefficient (Wildman–Crippen LogP) is 4.01. The average Bonchev–Trinajstić information content (AvgIpc) is 3.36. The van der Waals surface area contributed by atoms with Crippen molar-refractivity contribution in [3.05, 3.63) is 59.6 Å². The third-order valence-corrected chi connectivity index (χ3v) is 4.41. The number of carbonyl (C=O) groups is 1. The quantitative estimate of drug-likeness (QED) is 0.596. The Morgan fingerprint density at radius 1 is 1.24 bits per heavy atom. The zero-order valence-corrected chi connectivity index (χ0v) is 13.9. The molecule has 7 nitrogen and oxygen atoms in total. The molecule has 0 fully saturated rings. The van der Waals surface area contributed by atoms with Crippen molar-refractivity contribution >= 4 is 22.9 Å². The standard InChI is InChI=1S/C17H12N4O3S/c1-10-5-6-14(25-10)15-20-17(24-21-15)11-3-2-4-12(7-11)19-16(22)13-8-18-9-23-13/h2-9H,1H3,(H,19,22). The summed E-state index contributed by atoms with van der Waals surface area (Å²) < 4.78 is 10.3. The van der Waals surface area contributed by atoms with Crippen LogP contribution in [0.4, 0.5) is 5.69 Å². The second kappa shape index (κ2) is 6.33. The topological polar surface area (TPSA) is 94.1 Å². The lowest BCUT2D eigenvalue weighted by Gasteiger charge is -2.03. The molecule has 1 N–H and O–H groups in total. The monoisotopic (exact) mass is 352 g/mol. The van der Waals surface area contributed by atoms with Gasteiger partial charge < -0.3 is 14.3 Å². The number of oxazole rings is 1. The number of aryl methyl sites for hydroxylation is 1. The van der Waals surface area contributed by atoms with Gasteiger partial charge in [-0.15, -0.1) is 11.3 Å². The molecule has 0 bridgehead atoms. The summed E-state index contributed by atoms with van der Waals surface area (Å²) in [6, 6.07) is 11.1. The van der Waals surface area contributed by atoms with Gasteiger partial charge in [0.25, 0.3) is 11.8 Å². The molecule has 0 saturated heterocycles.